The van der Waals surface area contributed by atoms with Gasteiger partial charge >= 0.3 is 0 Å². The largest absolute Gasteiger partial charge is 0.368 e. The second kappa shape index (κ2) is 5.59. The molecule has 0 aromatic carbocycles. The van der Waals surface area contributed by atoms with Crippen LogP contribution in [-0.2, 0) is 16.9 Å². The first-order chi connectivity index (χ1) is 8.84. The van der Waals surface area contributed by atoms with Gasteiger partial charge in [-0.2, -0.15) is 4.98 Å². The SMILES string of the molecule is CC1CC(C)CC(OCc2nc(C(C)(C)N)no2)C1. The summed E-state index contributed by atoms with van der Waals surface area (Å²) in [5.41, 5.74) is 5.35. The number of aromatic nitrogens is 2. The summed E-state index contributed by atoms with van der Waals surface area (Å²) in [6.07, 6.45) is 3.84. The summed E-state index contributed by atoms with van der Waals surface area (Å²) in [4.78, 5) is 4.28. The average molecular weight is 267 g/mol. The molecule has 0 amide bonds. The van der Waals surface area contributed by atoms with Crippen LogP contribution in [0.1, 0.15) is 58.7 Å². The Morgan fingerprint density at radius 1 is 1.26 bits per heavy atom. The quantitative estimate of drug-likeness (QED) is 0.907. The smallest absolute Gasteiger partial charge is 0.252 e. The van der Waals surface area contributed by atoms with E-state index in [1.807, 2.05) is 13.8 Å². The molecular formula is C14H25N3O2. The van der Waals surface area contributed by atoms with Crippen LogP contribution >= 0.6 is 0 Å². The topological polar surface area (TPSA) is 74.2 Å². The lowest BCUT2D eigenvalue weighted by atomic mass is 9.82. The van der Waals surface area contributed by atoms with E-state index in [4.69, 9.17) is 15.0 Å². The Kier molecular flexibility index (Phi) is 4.26. The van der Waals surface area contributed by atoms with Crippen molar-refractivity contribution in [2.75, 3.05) is 0 Å². The maximum Gasteiger partial charge on any atom is 0.252 e. The Labute approximate surface area is 114 Å². The molecule has 2 N–H and O–H groups in total. The lowest BCUT2D eigenvalue weighted by molar-refractivity contribution is -0.0189. The number of ether oxygens (including phenoxy) is 1. The summed E-state index contributed by atoms with van der Waals surface area (Å²) in [6, 6.07) is 0. The van der Waals surface area contributed by atoms with Gasteiger partial charge in [0.15, 0.2) is 5.82 Å². The molecule has 2 unspecified atom stereocenters. The molecule has 19 heavy (non-hydrogen) atoms. The van der Waals surface area contributed by atoms with Gasteiger partial charge < -0.3 is 15.0 Å². The molecular weight excluding hydrogens is 242 g/mol. The number of nitrogens with zero attached hydrogens (tertiary/aromatic N) is 2. The monoisotopic (exact) mass is 267 g/mol. The van der Waals surface area contributed by atoms with Crippen LogP contribution in [0.25, 0.3) is 0 Å². The van der Waals surface area contributed by atoms with Crippen LogP contribution in [0, 0.1) is 11.8 Å². The highest BCUT2D eigenvalue weighted by Gasteiger charge is 2.26. The van der Waals surface area contributed by atoms with E-state index in [9.17, 15) is 0 Å². The van der Waals surface area contributed by atoms with E-state index in [1.165, 1.54) is 6.42 Å². The Morgan fingerprint density at radius 3 is 2.42 bits per heavy atom. The minimum absolute atomic E-state index is 0.306. The van der Waals surface area contributed by atoms with Crippen LogP contribution in [0.4, 0.5) is 0 Å². The van der Waals surface area contributed by atoms with E-state index >= 15 is 0 Å². The predicted molar refractivity (Wildman–Crippen MR) is 72.3 cm³/mol. The first-order valence-corrected chi connectivity index (χ1v) is 7.08. The zero-order chi connectivity index (χ0) is 14.0. The first kappa shape index (κ1) is 14.5. The summed E-state index contributed by atoms with van der Waals surface area (Å²) in [6.45, 7) is 8.66. The van der Waals surface area contributed by atoms with Gasteiger partial charge in [-0.1, -0.05) is 19.0 Å². The minimum atomic E-state index is -0.574. The zero-order valence-electron chi connectivity index (χ0n) is 12.3. The fourth-order valence-corrected chi connectivity index (χ4v) is 2.77. The molecule has 0 aliphatic heterocycles. The van der Waals surface area contributed by atoms with Gasteiger partial charge in [-0.25, -0.2) is 0 Å². The van der Waals surface area contributed by atoms with Crippen molar-refractivity contribution in [1.82, 2.24) is 10.1 Å². The van der Waals surface area contributed by atoms with Gasteiger partial charge in [-0.15, -0.1) is 0 Å². The lowest BCUT2D eigenvalue weighted by Crippen LogP contribution is -2.30. The maximum atomic E-state index is 5.92. The fraction of sp³-hybridized carbons (Fsp3) is 0.857. The van der Waals surface area contributed by atoms with E-state index in [1.54, 1.807) is 0 Å². The second-order valence-corrected chi connectivity index (χ2v) is 6.58. The fourth-order valence-electron chi connectivity index (χ4n) is 2.77. The highest BCUT2D eigenvalue weighted by Crippen LogP contribution is 2.30. The van der Waals surface area contributed by atoms with Crippen LogP contribution in [0.2, 0.25) is 0 Å². The van der Waals surface area contributed by atoms with Crippen molar-refractivity contribution in [1.29, 1.82) is 0 Å². The molecule has 5 heteroatoms. The minimum Gasteiger partial charge on any atom is -0.368 e. The summed E-state index contributed by atoms with van der Waals surface area (Å²) < 4.78 is 11.1. The predicted octanol–water partition coefficient (Wildman–Crippen LogP) is 2.60. The van der Waals surface area contributed by atoms with Crippen molar-refractivity contribution < 1.29 is 9.26 Å². The third-order valence-electron chi connectivity index (χ3n) is 3.62. The van der Waals surface area contributed by atoms with Gasteiger partial charge in [0, 0.05) is 0 Å². The molecule has 1 heterocycles. The molecule has 0 bridgehead atoms. The Bertz CT molecular complexity index is 401. The lowest BCUT2D eigenvalue weighted by Gasteiger charge is -2.30. The number of rotatable bonds is 4. The van der Waals surface area contributed by atoms with Gasteiger partial charge in [0.2, 0.25) is 0 Å². The average Bonchev–Trinajstić information content (AvgIpc) is 2.73. The molecule has 0 saturated heterocycles. The Balaban J connectivity index is 1.87. The number of nitrogens with two attached hydrogens (primary N) is 1. The van der Waals surface area contributed by atoms with E-state index in [-0.39, 0.29) is 0 Å². The van der Waals surface area contributed by atoms with E-state index in [0.29, 0.717) is 24.4 Å². The van der Waals surface area contributed by atoms with E-state index < -0.39 is 5.54 Å². The van der Waals surface area contributed by atoms with Crippen LogP contribution in [-0.4, -0.2) is 16.2 Å². The molecule has 2 atom stereocenters. The molecule has 0 spiro atoms. The second-order valence-electron chi connectivity index (χ2n) is 6.58. The normalized spacial score (nSPS) is 28.6. The third-order valence-corrected chi connectivity index (χ3v) is 3.62. The molecule has 0 radical (unpaired) electrons. The number of hydrogen-bond donors (Lipinski definition) is 1. The number of hydrogen-bond acceptors (Lipinski definition) is 5. The molecule has 1 aliphatic rings. The standard InChI is InChI=1S/C14H25N3O2/c1-9-5-10(2)7-11(6-9)18-8-12-16-13(17-19-12)14(3,4)15/h9-11H,5-8,15H2,1-4H3. The van der Waals surface area contributed by atoms with Crippen molar-refractivity contribution >= 4 is 0 Å². The zero-order valence-corrected chi connectivity index (χ0v) is 12.3. The molecule has 2 rings (SSSR count). The van der Waals surface area contributed by atoms with Crippen LogP contribution < -0.4 is 5.73 Å². The molecule has 108 valence electrons. The van der Waals surface area contributed by atoms with Crippen LogP contribution in [0.3, 0.4) is 0 Å². The van der Waals surface area contributed by atoms with Gasteiger partial charge in [0.05, 0.1) is 11.6 Å². The molecule has 1 aromatic rings. The highest BCUT2D eigenvalue weighted by molar-refractivity contribution is 4.98. The van der Waals surface area contributed by atoms with Crippen LogP contribution in [0.15, 0.2) is 4.52 Å². The summed E-state index contributed by atoms with van der Waals surface area (Å²) in [5, 5.41) is 3.89. The van der Waals surface area contributed by atoms with Crippen molar-refractivity contribution in [3.63, 3.8) is 0 Å². The Hall–Kier alpha value is -0.940. The van der Waals surface area contributed by atoms with Gasteiger partial charge in [0.1, 0.15) is 6.61 Å². The van der Waals surface area contributed by atoms with Crippen molar-refractivity contribution in [3.8, 4) is 0 Å². The first-order valence-electron chi connectivity index (χ1n) is 7.08. The van der Waals surface area contributed by atoms with Gasteiger partial charge in [-0.3, -0.25) is 0 Å². The maximum absolute atomic E-state index is 5.92. The van der Waals surface area contributed by atoms with E-state index in [2.05, 4.69) is 24.0 Å². The summed E-state index contributed by atoms with van der Waals surface area (Å²) >= 11 is 0. The van der Waals surface area contributed by atoms with Gasteiger partial charge in [-0.05, 0) is 44.9 Å². The molecule has 1 fully saturated rings. The van der Waals surface area contributed by atoms with E-state index in [0.717, 1.165) is 24.7 Å². The van der Waals surface area contributed by atoms with Crippen molar-refractivity contribution in [3.05, 3.63) is 11.7 Å². The van der Waals surface area contributed by atoms with Crippen molar-refractivity contribution in [2.45, 2.75) is 65.2 Å². The van der Waals surface area contributed by atoms with Crippen molar-refractivity contribution in [2.24, 2.45) is 17.6 Å². The van der Waals surface area contributed by atoms with Crippen LogP contribution in [0.5, 0.6) is 0 Å². The Morgan fingerprint density at radius 2 is 1.89 bits per heavy atom. The molecule has 5 nitrogen and oxygen atoms in total. The molecule has 1 saturated carbocycles. The summed E-state index contributed by atoms with van der Waals surface area (Å²) in [5.74, 6) is 2.50. The highest BCUT2D eigenvalue weighted by atomic mass is 16.5. The molecule has 1 aliphatic carbocycles. The molecule has 1 aromatic heterocycles. The summed E-state index contributed by atoms with van der Waals surface area (Å²) in [7, 11) is 0. The van der Waals surface area contributed by atoms with Gasteiger partial charge in [0.25, 0.3) is 5.89 Å². The third kappa shape index (κ3) is 4.01.